The van der Waals surface area contributed by atoms with Crippen LogP contribution in [0.2, 0.25) is 0 Å². The quantitative estimate of drug-likeness (QED) is 0.0476. The lowest BCUT2D eigenvalue weighted by Crippen LogP contribution is -2.48. The van der Waals surface area contributed by atoms with Crippen molar-refractivity contribution in [1.29, 1.82) is 0 Å². The molecule has 5 atom stereocenters. The van der Waals surface area contributed by atoms with Crippen LogP contribution in [0, 0.1) is 11.8 Å². The molecule has 2 aliphatic rings. The Morgan fingerprint density at radius 3 is 2.62 bits per heavy atom. The number of nitrogens with two attached hydrogens (primary N) is 1. The Labute approximate surface area is 295 Å². The second kappa shape index (κ2) is 18.5. The number of nitrogens with one attached hydrogen (secondary N) is 3. The molecule has 5 rings (SSSR count). The molecule has 0 amide bonds. The minimum atomic E-state index is -0.988. The molecule has 7 N–H and O–H groups in total. The van der Waals surface area contributed by atoms with Crippen LogP contribution in [0.1, 0.15) is 93.2 Å². The maximum absolute atomic E-state index is 12.2. The number of H-pyrrole nitrogens is 1. The number of hydrogen-bond donors (Lipinski definition) is 6. The zero-order valence-electron chi connectivity index (χ0n) is 29.0. The van der Waals surface area contributed by atoms with Crippen molar-refractivity contribution in [2.75, 3.05) is 18.5 Å². The zero-order valence-corrected chi connectivity index (χ0v) is 29.0. The van der Waals surface area contributed by atoms with Crippen molar-refractivity contribution in [3.05, 3.63) is 77.0 Å². The Bertz CT molecular complexity index is 1630. The lowest BCUT2D eigenvalue weighted by Gasteiger charge is -2.38. The van der Waals surface area contributed by atoms with Crippen molar-refractivity contribution in [3.8, 4) is 0 Å². The number of nitrogens with zero attached hydrogens (tertiary/aromatic N) is 1. The summed E-state index contributed by atoms with van der Waals surface area (Å²) < 4.78 is 0. The van der Waals surface area contributed by atoms with E-state index >= 15 is 0 Å². The van der Waals surface area contributed by atoms with Gasteiger partial charge in [0.05, 0.1) is 12.1 Å². The van der Waals surface area contributed by atoms with Crippen molar-refractivity contribution in [1.82, 2.24) is 10.3 Å². The van der Waals surface area contributed by atoms with Crippen LogP contribution < -0.4 is 16.4 Å². The highest BCUT2D eigenvalue weighted by Gasteiger charge is 2.35. The number of carboxylic acids is 1. The third-order valence-electron chi connectivity index (χ3n) is 10.6. The highest BCUT2D eigenvalue weighted by molar-refractivity contribution is 5.86. The van der Waals surface area contributed by atoms with E-state index in [1.807, 2.05) is 24.4 Å². The van der Waals surface area contributed by atoms with Crippen molar-refractivity contribution in [2.24, 2.45) is 22.6 Å². The molecular formula is C40H53N5O5. The molecule has 0 unspecified atom stereocenters. The molecule has 0 saturated heterocycles. The number of rotatable bonds is 20. The van der Waals surface area contributed by atoms with E-state index in [4.69, 9.17) is 10.8 Å². The molecule has 2 aromatic carbocycles. The summed E-state index contributed by atoms with van der Waals surface area (Å²) in [6.07, 6.45) is 16.4. The van der Waals surface area contributed by atoms with Crippen molar-refractivity contribution < 1.29 is 24.6 Å². The Morgan fingerprint density at radius 2 is 1.88 bits per heavy atom. The number of carboxylic acid groups (broad SMARTS) is 1. The van der Waals surface area contributed by atoms with Gasteiger partial charge in [-0.3, -0.25) is 4.99 Å². The first kappa shape index (κ1) is 36.8. The van der Waals surface area contributed by atoms with Gasteiger partial charge < -0.3 is 41.2 Å². The first-order valence-electron chi connectivity index (χ1n) is 18.3. The van der Waals surface area contributed by atoms with Gasteiger partial charge in [0, 0.05) is 37.8 Å². The van der Waals surface area contributed by atoms with Gasteiger partial charge in [0.15, 0.2) is 5.96 Å². The van der Waals surface area contributed by atoms with Gasteiger partial charge in [0.1, 0.15) is 18.4 Å². The summed E-state index contributed by atoms with van der Waals surface area (Å²) in [5, 5.41) is 28.4. The summed E-state index contributed by atoms with van der Waals surface area (Å²) in [6.45, 7) is 0.653. The molecule has 50 heavy (non-hydrogen) atoms. The van der Waals surface area contributed by atoms with E-state index in [1.54, 1.807) is 0 Å². The first-order valence-corrected chi connectivity index (χ1v) is 18.3. The van der Waals surface area contributed by atoms with Crippen molar-refractivity contribution >= 4 is 41.1 Å². The van der Waals surface area contributed by atoms with E-state index in [-0.39, 0.29) is 36.4 Å². The molecular weight excluding hydrogens is 630 g/mol. The van der Waals surface area contributed by atoms with Crippen molar-refractivity contribution in [3.63, 3.8) is 0 Å². The van der Waals surface area contributed by atoms with E-state index in [0.29, 0.717) is 31.8 Å². The van der Waals surface area contributed by atoms with Crippen LogP contribution >= 0.6 is 0 Å². The molecule has 0 fully saturated rings. The van der Waals surface area contributed by atoms with Gasteiger partial charge in [-0.25, -0.2) is 4.79 Å². The lowest BCUT2D eigenvalue weighted by atomic mass is 9.69. The third-order valence-corrected chi connectivity index (χ3v) is 10.6. The van der Waals surface area contributed by atoms with Gasteiger partial charge in [-0.1, -0.05) is 56.0 Å². The molecule has 2 heterocycles. The first-order chi connectivity index (χ1) is 24.4. The van der Waals surface area contributed by atoms with E-state index in [1.165, 1.54) is 22.6 Å². The number of aliphatic hydroxyl groups excluding tert-OH is 1. The fourth-order valence-corrected chi connectivity index (χ4v) is 8.06. The van der Waals surface area contributed by atoms with E-state index < -0.39 is 5.97 Å². The summed E-state index contributed by atoms with van der Waals surface area (Å²) >= 11 is 0. The zero-order chi connectivity index (χ0) is 35.3. The number of aromatic nitrogens is 1. The molecule has 0 radical (unpaired) electrons. The number of aryl methyl sites for hydroxylation is 1. The summed E-state index contributed by atoms with van der Waals surface area (Å²) in [6, 6.07) is 14.3. The second-order valence-corrected chi connectivity index (χ2v) is 14.0. The van der Waals surface area contributed by atoms with E-state index in [2.05, 4.69) is 44.9 Å². The number of fused-ring (bicyclic) bond motifs is 2. The highest BCUT2D eigenvalue weighted by atomic mass is 16.4. The van der Waals surface area contributed by atoms with E-state index in [0.717, 1.165) is 99.1 Å². The van der Waals surface area contributed by atoms with E-state index in [9.17, 15) is 19.5 Å². The number of carbonyl (C=O) groups is 3. The SMILES string of the molecule is NC1=NCC[C@H](/C(=C\C(=O)O)[C@H](C[C@H]2CCc3cc4ccc(CC=O)cc4cc3[C@@H]2CCCCCC[C@H](C=O)CCCO)Nc2ccc[nH]2)N1. The minimum absolute atomic E-state index is 0.0200. The standard InChI is InChI=1S/C40H53N5O5/c41-40-43-18-15-36(45-40)35(25-39(49)50)37(44-38-10-5-17-42-38)24-31-14-13-30-22-29-12-11-27(16-20-47)21-32(29)23-34(30)33(31)9-4-2-1-3-7-28(26-48)8-6-19-46/h5,10-12,17,20-23,25-26,28,31,33,36-37,42,44,46H,1-4,6-9,13-16,18-19,24H2,(H,49,50)(H3,41,43,45)/b35-25+/t28-,31+,33+,36+,37-/m0/s1. The normalized spacial score (nSPS) is 20.3. The number of benzene rings is 2. The fraction of sp³-hybridized carbons (Fsp3) is 0.500. The smallest absolute Gasteiger partial charge is 0.328 e. The molecule has 268 valence electrons. The Kier molecular flexibility index (Phi) is 13.6. The Hall–Kier alpha value is -4.44. The topological polar surface area (TPSA) is 170 Å². The van der Waals surface area contributed by atoms with Gasteiger partial charge >= 0.3 is 5.97 Å². The van der Waals surface area contributed by atoms with Crippen LogP contribution in [0.25, 0.3) is 10.8 Å². The number of unbranched alkanes of at least 4 members (excludes halogenated alkanes) is 3. The van der Waals surface area contributed by atoms with Crippen LogP contribution in [0.3, 0.4) is 0 Å². The molecule has 1 aliphatic carbocycles. The van der Waals surface area contributed by atoms with Crippen LogP contribution in [-0.4, -0.2) is 64.9 Å². The van der Waals surface area contributed by atoms with Crippen LogP contribution in [0.15, 0.2) is 65.3 Å². The second-order valence-electron chi connectivity index (χ2n) is 14.0. The maximum atomic E-state index is 12.2. The lowest BCUT2D eigenvalue weighted by molar-refractivity contribution is -0.131. The van der Waals surface area contributed by atoms with Gasteiger partial charge in [0.25, 0.3) is 0 Å². The predicted octanol–water partition coefficient (Wildman–Crippen LogP) is 6.04. The molecule has 1 aliphatic heterocycles. The van der Waals surface area contributed by atoms with Gasteiger partial charge in [-0.05, 0) is 108 Å². The number of aliphatic hydroxyl groups is 1. The maximum Gasteiger partial charge on any atom is 0.328 e. The summed E-state index contributed by atoms with van der Waals surface area (Å²) in [5.74, 6) is 0.751. The molecule has 0 saturated carbocycles. The molecule has 1 aromatic heterocycles. The Morgan fingerprint density at radius 1 is 1.04 bits per heavy atom. The minimum Gasteiger partial charge on any atom is -0.478 e. The number of anilines is 1. The number of aliphatic carboxylic acids is 1. The molecule has 10 nitrogen and oxygen atoms in total. The number of aromatic amines is 1. The van der Waals surface area contributed by atoms with Gasteiger partial charge in [-0.15, -0.1) is 0 Å². The van der Waals surface area contributed by atoms with Gasteiger partial charge in [0.2, 0.25) is 0 Å². The average molecular weight is 684 g/mol. The van der Waals surface area contributed by atoms with Crippen LogP contribution in [-0.2, 0) is 27.2 Å². The predicted molar refractivity (Wildman–Crippen MR) is 198 cm³/mol. The number of aldehydes is 2. The molecule has 3 aromatic rings. The molecule has 0 spiro atoms. The van der Waals surface area contributed by atoms with Crippen LogP contribution in [0.4, 0.5) is 5.82 Å². The third kappa shape index (κ3) is 10.1. The number of guanidine groups is 1. The summed E-state index contributed by atoms with van der Waals surface area (Å²) in [5.41, 5.74) is 10.6. The largest absolute Gasteiger partial charge is 0.478 e. The number of aliphatic imine (C=N–C) groups is 1. The number of hydrogen-bond acceptors (Lipinski definition) is 8. The monoisotopic (exact) mass is 683 g/mol. The molecule has 0 bridgehead atoms. The fourth-order valence-electron chi connectivity index (χ4n) is 8.06. The Balaban J connectivity index is 1.41. The molecule has 10 heteroatoms. The number of carbonyl (C=O) groups excluding carboxylic acids is 2. The highest BCUT2D eigenvalue weighted by Crippen LogP contribution is 2.44. The van der Waals surface area contributed by atoms with Gasteiger partial charge in [-0.2, -0.15) is 0 Å². The van der Waals surface area contributed by atoms with Crippen LogP contribution in [0.5, 0.6) is 0 Å². The summed E-state index contributed by atoms with van der Waals surface area (Å²) in [4.78, 5) is 42.6. The van der Waals surface area contributed by atoms with Crippen molar-refractivity contribution in [2.45, 2.75) is 101 Å². The summed E-state index contributed by atoms with van der Waals surface area (Å²) in [7, 11) is 0. The average Bonchev–Trinajstić information content (AvgIpc) is 3.63.